The lowest BCUT2D eigenvalue weighted by Gasteiger charge is -2.08. The van der Waals surface area contributed by atoms with Gasteiger partial charge in [0.2, 0.25) is 9.04 Å². The maximum Gasteiger partial charge on any atom is 0.229 e. The van der Waals surface area contributed by atoms with Gasteiger partial charge >= 0.3 is 0 Å². The molecule has 57 valence electrons. The first-order valence-corrected chi connectivity index (χ1v) is 6.95. The quantitative estimate of drug-likeness (QED) is 0.611. The van der Waals surface area contributed by atoms with E-state index >= 15 is 0 Å². The van der Waals surface area contributed by atoms with Gasteiger partial charge in [-0.25, -0.2) is 0 Å². The van der Waals surface area contributed by atoms with Gasteiger partial charge in [0.1, 0.15) is 5.75 Å². The third-order valence-electron chi connectivity index (χ3n) is 1.23. The minimum Gasteiger partial charge on any atom is -0.547 e. The van der Waals surface area contributed by atoms with E-state index in [0.717, 1.165) is 10.9 Å². The van der Waals surface area contributed by atoms with Crippen molar-refractivity contribution in [1.29, 1.82) is 0 Å². The molecular formula is C8H11OSi2. The Kier molecular flexibility index (Phi) is 2.90. The van der Waals surface area contributed by atoms with Gasteiger partial charge in [-0.2, -0.15) is 0 Å². The molecule has 1 nitrogen and oxygen atoms in total. The van der Waals surface area contributed by atoms with Crippen molar-refractivity contribution in [1.82, 2.24) is 0 Å². The minimum atomic E-state index is -0.929. The molecule has 3 heteroatoms. The fraction of sp³-hybridized carbons (Fsp3) is 0.250. The highest BCUT2D eigenvalue weighted by molar-refractivity contribution is 6.49. The fourth-order valence-electron chi connectivity index (χ4n) is 0.806. The Labute approximate surface area is 72.5 Å². The van der Waals surface area contributed by atoms with Crippen LogP contribution in [0.25, 0.3) is 0 Å². The van der Waals surface area contributed by atoms with Gasteiger partial charge in [0.15, 0.2) is 0 Å². The Hall–Kier alpha value is -0.546. The number of rotatable bonds is 2. The van der Waals surface area contributed by atoms with Crippen molar-refractivity contribution in [3.63, 3.8) is 0 Å². The molecule has 0 spiro atoms. The monoisotopic (exact) mass is 179 g/mol. The summed E-state index contributed by atoms with van der Waals surface area (Å²) in [7, 11) is 2.49. The molecule has 0 saturated carbocycles. The van der Waals surface area contributed by atoms with Crippen LogP contribution in [0.2, 0.25) is 13.1 Å². The largest absolute Gasteiger partial charge is 0.547 e. The van der Waals surface area contributed by atoms with Gasteiger partial charge in [0, 0.05) is 0 Å². The summed E-state index contributed by atoms with van der Waals surface area (Å²) in [4.78, 5) is 0. The van der Waals surface area contributed by atoms with Gasteiger partial charge < -0.3 is 4.43 Å². The lowest BCUT2D eigenvalue weighted by Crippen LogP contribution is -2.11. The number of benzene rings is 1. The van der Waals surface area contributed by atoms with E-state index < -0.39 is 9.04 Å². The van der Waals surface area contributed by atoms with Crippen molar-refractivity contribution < 1.29 is 4.43 Å². The van der Waals surface area contributed by atoms with Crippen molar-refractivity contribution in [3.8, 4) is 5.75 Å². The Balaban J connectivity index is 2.66. The van der Waals surface area contributed by atoms with Gasteiger partial charge in [-0.05, 0) is 25.2 Å². The Bertz CT molecular complexity index is 218. The predicted octanol–water partition coefficient (Wildman–Crippen LogP) is 0.843. The third kappa shape index (κ3) is 2.90. The Morgan fingerprint density at radius 2 is 1.73 bits per heavy atom. The molecule has 0 unspecified atom stereocenters. The summed E-state index contributed by atoms with van der Waals surface area (Å²) in [6.07, 6.45) is 0. The average molecular weight is 179 g/mol. The Morgan fingerprint density at radius 1 is 1.18 bits per heavy atom. The van der Waals surface area contributed by atoms with Gasteiger partial charge in [0.25, 0.3) is 0 Å². The van der Waals surface area contributed by atoms with Gasteiger partial charge in [-0.3, -0.25) is 0 Å². The maximum atomic E-state index is 5.59. The molecule has 1 aromatic carbocycles. The third-order valence-corrected chi connectivity index (χ3v) is 2.30. The summed E-state index contributed by atoms with van der Waals surface area (Å²) in [5, 5.41) is 1.09. The highest BCUT2D eigenvalue weighted by atomic mass is 28.3. The molecule has 11 heavy (non-hydrogen) atoms. The minimum absolute atomic E-state index is 0.929. The number of hydrogen-bond acceptors (Lipinski definition) is 1. The van der Waals surface area contributed by atoms with Crippen molar-refractivity contribution in [3.05, 3.63) is 24.3 Å². The SMILES string of the molecule is C[SiH](C)Oc1ccc([Si])cc1. The topological polar surface area (TPSA) is 9.23 Å². The molecule has 0 atom stereocenters. The summed E-state index contributed by atoms with van der Waals surface area (Å²) >= 11 is 0. The molecule has 0 aliphatic heterocycles. The summed E-state index contributed by atoms with van der Waals surface area (Å²) in [5.41, 5.74) is 0. The average Bonchev–Trinajstić information content (AvgIpc) is 1.93. The normalized spacial score (nSPS) is 10.2. The molecule has 0 heterocycles. The summed E-state index contributed by atoms with van der Waals surface area (Å²) < 4.78 is 5.59. The molecule has 1 rings (SSSR count). The second-order valence-corrected chi connectivity index (χ2v) is 5.60. The highest BCUT2D eigenvalue weighted by Gasteiger charge is 1.96. The summed E-state index contributed by atoms with van der Waals surface area (Å²) in [6.45, 7) is 4.31. The molecule has 0 N–H and O–H groups in total. The second-order valence-electron chi connectivity index (χ2n) is 2.69. The molecule has 1 aromatic rings. The van der Waals surface area contributed by atoms with Gasteiger partial charge in [-0.15, -0.1) is 0 Å². The lowest BCUT2D eigenvalue weighted by molar-refractivity contribution is 0.581. The molecule has 0 saturated heterocycles. The molecule has 0 aromatic heterocycles. The van der Waals surface area contributed by atoms with E-state index in [1.807, 2.05) is 24.3 Å². The first-order valence-electron chi connectivity index (χ1n) is 3.67. The van der Waals surface area contributed by atoms with Crippen molar-refractivity contribution in [2.75, 3.05) is 0 Å². The van der Waals surface area contributed by atoms with Crippen LogP contribution in [0.15, 0.2) is 24.3 Å². The van der Waals surface area contributed by atoms with Crippen molar-refractivity contribution in [2.45, 2.75) is 13.1 Å². The van der Waals surface area contributed by atoms with E-state index in [9.17, 15) is 0 Å². The Morgan fingerprint density at radius 3 is 2.18 bits per heavy atom. The van der Waals surface area contributed by atoms with E-state index in [2.05, 4.69) is 23.3 Å². The fourth-order valence-corrected chi connectivity index (χ4v) is 1.67. The summed E-state index contributed by atoms with van der Waals surface area (Å²) in [5.74, 6) is 0.980. The zero-order valence-corrected chi connectivity index (χ0v) is 8.95. The van der Waals surface area contributed by atoms with E-state index in [4.69, 9.17) is 4.43 Å². The van der Waals surface area contributed by atoms with Crippen LogP contribution in [-0.2, 0) is 0 Å². The van der Waals surface area contributed by atoms with Crippen molar-refractivity contribution in [2.24, 2.45) is 0 Å². The zero-order chi connectivity index (χ0) is 8.27. The predicted molar refractivity (Wildman–Crippen MR) is 51.3 cm³/mol. The maximum absolute atomic E-state index is 5.59. The molecule has 3 radical (unpaired) electrons. The molecule has 0 amide bonds. The van der Waals surface area contributed by atoms with E-state index in [1.165, 1.54) is 0 Å². The van der Waals surface area contributed by atoms with Crippen LogP contribution in [0.4, 0.5) is 0 Å². The van der Waals surface area contributed by atoms with Crippen LogP contribution >= 0.6 is 0 Å². The molecule has 0 aliphatic rings. The van der Waals surface area contributed by atoms with Crippen LogP contribution in [0.5, 0.6) is 5.75 Å². The van der Waals surface area contributed by atoms with Crippen molar-refractivity contribution >= 4 is 24.5 Å². The van der Waals surface area contributed by atoms with Crippen LogP contribution in [0.1, 0.15) is 0 Å². The van der Waals surface area contributed by atoms with Crippen LogP contribution in [0.3, 0.4) is 0 Å². The van der Waals surface area contributed by atoms with E-state index in [1.54, 1.807) is 0 Å². The van der Waals surface area contributed by atoms with E-state index in [-0.39, 0.29) is 0 Å². The molecule has 0 fully saturated rings. The van der Waals surface area contributed by atoms with Gasteiger partial charge in [0.05, 0.1) is 10.2 Å². The molecule has 0 aliphatic carbocycles. The standard InChI is InChI=1S/C8H11OSi2/c1-11(2)9-7-3-5-8(10)6-4-7/h3-6,11H,1-2H3. The van der Waals surface area contributed by atoms with Crippen LogP contribution in [-0.4, -0.2) is 19.3 Å². The zero-order valence-electron chi connectivity index (χ0n) is 6.79. The lowest BCUT2D eigenvalue weighted by atomic mass is 10.3. The first-order chi connectivity index (χ1) is 5.18. The van der Waals surface area contributed by atoms with Crippen LogP contribution < -0.4 is 9.61 Å². The summed E-state index contributed by atoms with van der Waals surface area (Å²) in [6, 6.07) is 7.94. The van der Waals surface area contributed by atoms with Gasteiger partial charge in [-0.1, -0.05) is 17.3 Å². The number of hydrogen-bond donors (Lipinski definition) is 0. The molecule has 0 bridgehead atoms. The smallest absolute Gasteiger partial charge is 0.229 e. The van der Waals surface area contributed by atoms with Crippen LogP contribution in [0, 0.1) is 0 Å². The van der Waals surface area contributed by atoms with E-state index in [0.29, 0.717) is 0 Å². The first kappa shape index (κ1) is 8.55. The highest BCUT2D eigenvalue weighted by Crippen LogP contribution is 2.07. The second kappa shape index (κ2) is 3.73. The molecular weight excluding hydrogens is 168 g/mol.